The fraction of sp³-hybridized carbons (Fsp3) is 0.364. The highest BCUT2D eigenvalue weighted by Crippen LogP contribution is 2.30. The van der Waals surface area contributed by atoms with E-state index in [1.54, 1.807) is 19.2 Å². The van der Waals surface area contributed by atoms with Crippen molar-refractivity contribution in [3.63, 3.8) is 0 Å². The van der Waals surface area contributed by atoms with Crippen molar-refractivity contribution in [1.29, 1.82) is 0 Å². The molecule has 2 rings (SSSR count). The number of rotatable bonds is 1. The lowest BCUT2D eigenvalue weighted by atomic mass is 10.1. The Kier molecular flexibility index (Phi) is 2.91. The Hall–Kier alpha value is -1.09. The van der Waals surface area contributed by atoms with E-state index < -0.39 is 5.82 Å². The molecule has 80 valence electrons. The molecule has 0 aromatic heterocycles. The van der Waals surface area contributed by atoms with Crippen LogP contribution in [-0.4, -0.2) is 13.0 Å². The molecular weight excluding hydrogens is 217 g/mol. The lowest BCUT2D eigenvalue weighted by molar-refractivity contribution is 0.395. The Bertz CT molecular complexity index is 406. The largest absolute Gasteiger partial charge is 0.484 e. The van der Waals surface area contributed by atoms with E-state index in [1.165, 1.54) is 6.07 Å². The van der Waals surface area contributed by atoms with E-state index in [1.807, 2.05) is 0 Å². The molecular formula is C11H11ClFNO. The molecule has 0 spiro atoms. The van der Waals surface area contributed by atoms with Crippen LogP contribution in [0.1, 0.15) is 24.4 Å². The number of ether oxygens (including phenoxy) is 1. The zero-order valence-electron chi connectivity index (χ0n) is 8.34. The summed E-state index contributed by atoms with van der Waals surface area (Å²) in [4.78, 5) is 4.33. The van der Waals surface area contributed by atoms with Crippen LogP contribution in [0.5, 0.6) is 0 Å². The van der Waals surface area contributed by atoms with Crippen molar-refractivity contribution >= 4 is 17.5 Å². The molecule has 0 fully saturated rings. The van der Waals surface area contributed by atoms with Crippen LogP contribution in [0.3, 0.4) is 0 Å². The summed E-state index contributed by atoms with van der Waals surface area (Å²) < 4.78 is 18.2. The van der Waals surface area contributed by atoms with Crippen molar-refractivity contribution in [2.75, 3.05) is 7.11 Å². The summed E-state index contributed by atoms with van der Waals surface area (Å²) in [6.07, 6.45) is 1.68. The smallest absolute Gasteiger partial charge is 0.183 e. The van der Waals surface area contributed by atoms with Gasteiger partial charge < -0.3 is 4.74 Å². The molecule has 1 heterocycles. The monoisotopic (exact) mass is 227 g/mol. The molecule has 1 atom stereocenters. The number of halogens is 2. The molecule has 0 aliphatic carbocycles. The fourth-order valence-corrected chi connectivity index (χ4v) is 1.80. The highest BCUT2D eigenvalue weighted by Gasteiger charge is 2.20. The first-order chi connectivity index (χ1) is 7.20. The molecule has 2 nitrogen and oxygen atoms in total. The number of hydrogen-bond acceptors (Lipinski definition) is 2. The second-order valence-corrected chi connectivity index (χ2v) is 3.86. The van der Waals surface area contributed by atoms with Gasteiger partial charge in [0.05, 0.1) is 18.2 Å². The van der Waals surface area contributed by atoms with Crippen molar-refractivity contribution < 1.29 is 9.13 Å². The summed E-state index contributed by atoms with van der Waals surface area (Å²) in [5.41, 5.74) is 0.851. The lowest BCUT2D eigenvalue weighted by Crippen LogP contribution is -1.93. The fourth-order valence-electron chi connectivity index (χ4n) is 1.68. The van der Waals surface area contributed by atoms with Crippen LogP contribution in [0.15, 0.2) is 23.2 Å². The van der Waals surface area contributed by atoms with Gasteiger partial charge in [-0.1, -0.05) is 17.7 Å². The van der Waals surface area contributed by atoms with Crippen molar-refractivity contribution in [3.8, 4) is 0 Å². The van der Waals surface area contributed by atoms with Crippen molar-refractivity contribution in [2.45, 2.75) is 18.9 Å². The number of benzene rings is 1. The second-order valence-electron chi connectivity index (χ2n) is 3.45. The average Bonchev–Trinajstić information content (AvgIpc) is 2.70. The maximum Gasteiger partial charge on any atom is 0.183 e. The minimum Gasteiger partial charge on any atom is -0.484 e. The number of hydrogen-bond donors (Lipinski definition) is 0. The maximum absolute atomic E-state index is 13.2. The van der Waals surface area contributed by atoms with Gasteiger partial charge in [-0.05, 0) is 24.1 Å². The number of nitrogens with zero attached hydrogens (tertiary/aromatic N) is 1. The maximum atomic E-state index is 13.2. The van der Waals surface area contributed by atoms with Crippen molar-refractivity contribution in [1.82, 2.24) is 0 Å². The summed E-state index contributed by atoms with van der Waals surface area (Å²) in [5, 5.41) is 0.146. The molecule has 0 amide bonds. The minimum absolute atomic E-state index is 0.00622. The zero-order valence-corrected chi connectivity index (χ0v) is 9.09. The third-order valence-corrected chi connectivity index (χ3v) is 2.80. The van der Waals surface area contributed by atoms with Gasteiger partial charge in [-0.15, -0.1) is 0 Å². The molecule has 0 radical (unpaired) electrons. The molecule has 1 aromatic carbocycles. The quantitative estimate of drug-likeness (QED) is 0.721. The molecule has 15 heavy (non-hydrogen) atoms. The highest BCUT2D eigenvalue weighted by molar-refractivity contribution is 6.30. The first kappa shape index (κ1) is 10.4. The van der Waals surface area contributed by atoms with Gasteiger partial charge in [0, 0.05) is 6.42 Å². The molecule has 0 bridgehead atoms. The summed E-state index contributed by atoms with van der Waals surface area (Å²) in [7, 11) is 1.60. The van der Waals surface area contributed by atoms with Crippen LogP contribution in [0, 0.1) is 5.82 Å². The van der Waals surface area contributed by atoms with Crippen LogP contribution in [0.2, 0.25) is 5.02 Å². The van der Waals surface area contributed by atoms with Crippen LogP contribution < -0.4 is 0 Å². The van der Waals surface area contributed by atoms with Crippen LogP contribution in [-0.2, 0) is 4.74 Å². The molecule has 0 N–H and O–H groups in total. The molecule has 0 saturated carbocycles. The van der Waals surface area contributed by atoms with Crippen LogP contribution >= 0.6 is 11.6 Å². The molecule has 1 aliphatic rings. The summed E-state index contributed by atoms with van der Waals surface area (Å²) in [6.45, 7) is 0. The van der Waals surface area contributed by atoms with Gasteiger partial charge in [-0.2, -0.15) is 0 Å². The average molecular weight is 228 g/mol. The summed E-state index contributed by atoms with van der Waals surface area (Å²) in [6, 6.07) is 4.81. The van der Waals surface area contributed by atoms with Crippen LogP contribution in [0.25, 0.3) is 0 Å². The Morgan fingerprint density at radius 3 is 2.93 bits per heavy atom. The van der Waals surface area contributed by atoms with E-state index in [0.29, 0.717) is 0 Å². The highest BCUT2D eigenvalue weighted by atomic mass is 35.5. The van der Waals surface area contributed by atoms with Gasteiger partial charge in [0.15, 0.2) is 5.90 Å². The van der Waals surface area contributed by atoms with Gasteiger partial charge in [-0.3, -0.25) is 0 Å². The Morgan fingerprint density at radius 1 is 1.53 bits per heavy atom. The first-order valence-electron chi connectivity index (χ1n) is 4.76. The standard InChI is InChI=1S/C11H11ClFNO/c1-15-11-5-4-10(14-11)7-2-3-8(12)9(13)6-7/h2-3,6,10H,4-5H2,1H3. The molecule has 0 saturated heterocycles. The molecule has 1 unspecified atom stereocenters. The topological polar surface area (TPSA) is 21.6 Å². The van der Waals surface area contributed by atoms with Gasteiger partial charge in [-0.25, -0.2) is 9.38 Å². The first-order valence-corrected chi connectivity index (χ1v) is 5.14. The van der Waals surface area contributed by atoms with Crippen LogP contribution in [0.4, 0.5) is 4.39 Å². The Balaban J connectivity index is 2.24. The predicted molar refractivity (Wildman–Crippen MR) is 57.8 cm³/mol. The Morgan fingerprint density at radius 2 is 2.33 bits per heavy atom. The second kappa shape index (κ2) is 4.19. The van der Waals surface area contributed by atoms with Gasteiger partial charge in [0.25, 0.3) is 0 Å². The summed E-state index contributed by atoms with van der Waals surface area (Å²) >= 11 is 5.61. The van der Waals surface area contributed by atoms with E-state index in [0.717, 1.165) is 24.3 Å². The lowest BCUT2D eigenvalue weighted by Gasteiger charge is -2.06. The third-order valence-electron chi connectivity index (χ3n) is 2.50. The van der Waals surface area contributed by atoms with Crippen molar-refractivity contribution in [2.24, 2.45) is 4.99 Å². The number of methoxy groups -OCH3 is 1. The minimum atomic E-state index is -0.393. The number of aliphatic imine (C=N–C) groups is 1. The van der Waals surface area contributed by atoms with E-state index in [2.05, 4.69) is 4.99 Å². The van der Waals surface area contributed by atoms with Gasteiger partial charge in [0.1, 0.15) is 5.82 Å². The summed E-state index contributed by atoms with van der Waals surface area (Å²) in [5.74, 6) is 0.339. The van der Waals surface area contributed by atoms with Crippen molar-refractivity contribution in [3.05, 3.63) is 34.6 Å². The molecule has 1 aromatic rings. The molecule has 1 aliphatic heterocycles. The zero-order chi connectivity index (χ0) is 10.8. The SMILES string of the molecule is COC1=NC(c2ccc(Cl)c(F)c2)CC1. The van der Waals surface area contributed by atoms with E-state index in [-0.39, 0.29) is 11.1 Å². The van der Waals surface area contributed by atoms with E-state index in [4.69, 9.17) is 16.3 Å². The van der Waals surface area contributed by atoms with E-state index >= 15 is 0 Å². The Labute approximate surface area is 92.7 Å². The predicted octanol–water partition coefficient (Wildman–Crippen LogP) is 3.36. The molecule has 4 heteroatoms. The van der Waals surface area contributed by atoms with E-state index in [9.17, 15) is 4.39 Å². The van der Waals surface area contributed by atoms with Gasteiger partial charge >= 0.3 is 0 Å². The van der Waals surface area contributed by atoms with Gasteiger partial charge in [0.2, 0.25) is 0 Å². The third kappa shape index (κ3) is 2.12. The normalized spacial score (nSPS) is 20.2.